The van der Waals surface area contributed by atoms with E-state index in [2.05, 4.69) is 325 Å². The molecular weight excluding hydrogens is 945 g/mol. The summed E-state index contributed by atoms with van der Waals surface area (Å²) in [6, 6.07) is 116. The van der Waals surface area contributed by atoms with Crippen LogP contribution in [-0.2, 0) is 0 Å². The summed E-state index contributed by atoms with van der Waals surface area (Å²) in [6.07, 6.45) is 0. The van der Waals surface area contributed by atoms with E-state index in [9.17, 15) is 0 Å². The standard InChI is InChI=1S/C74H52N2Si/c1-5-21-58(22-6-1)76-72-34-18-17-32-70(72)74-67(33-19-35-73(74)76)55-38-36-53(37-39-55)54-40-44-59(45-41-54)75(60-46-42-56(43-47-60)71-52-57-20-13-14-29-66(57)68-30-15-16-31-69(68)71)61-48-50-65(51-49-61)77(62-23-7-2-8-24-62,63-25-9-3-10-26-63)64-27-11-4-12-28-64/h1-52H. The number of fused-ring (bicyclic) bond motifs is 6. The SMILES string of the molecule is c1ccc(-n2c3ccccc3c3c(-c4ccc(-c5ccc(N(c6ccc(-c7cc8ccccc8c8ccccc78)cc6)c6ccc([Si](c7ccccc7)(c7ccccc7)c7ccccc7)cc6)cc5)cc4)cccc32)cc1. The third-order valence-corrected chi connectivity index (χ3v) is 20.5. The molecule has 1 aromatic heterocycles. The molecule has 1 heterocycles. The molecular formula is C74H52N2Si. The van der Waals surface area contributed by atoms with E-state index in [1.165, 1.54) is 91.9 Å². The summed E-state index contributed by atoms with van der Waals surface area (Å²) in [5.41, 5.74) is 14.0. The van der Waals surface area contributed by atoms with Crippen LogP contribution in [0, 0.1) is 0 Å². The van der Waals surface area contributed by atoms with E-state index >= 15 is 0 Å². The third kappa shape index (κ3) is 7.95. The molecule has 0 unspecified atom stereocenters. The van der Waals surface area contributed by atoms with Gasteiger partial charge in [-0.2, -0.15) is 0 Å². The zero-order valence-electron chi connectivity index (χ0n) is 42.4. The fourth-order valence-corrected chi connectivity index (χ4v) is 17.0. The first kappa shape index (κ1) is 45.8. The third-order valence-electron chi connectivity index (χ3n) is 15.8. The molecule has 3 heteroatoms. The van der Waals surface area contributed by atoms with E-state index in [1.54, 1.807) is 0 Å². The maximum atomic E-state index is 2.41. The molecule has 2 nitrogen and oxygen atoms in total. The summed E-state index contributed by atoms with van der Waals surface area (Å²) in [4.78, 5) is 2.41. The lowest BCUT2D eigenvalue weighted by atomic mass is 9.93. The van der Waals surface area contributed by atoms with Gasteiger partial charge in [0.15, 0.2) is 8.07 Å². The number of benzene rings is 13. The summed E-state index contributed by atoms with van der Waals surface area (Å²) >= 11 is 0. The van der Waals surface area contributed by atoms with Crippen LogP contribution in [0.15, 0.2) is 315 Å². The molecule has 0 aliphatic carbocycles. The second kappa shape index (κ2) is 19.5. The van der Waals surface area contributed by atoms with Crippen molar-refractivity contribution in [1.29, 1.82) is 0 Å². The topological polar surface area (TPSA) is 8.17 Å². The Morgan fingerprint density at radius 2 is 0.662 bits per heavy atom. The van der Waals surface area contributed by atoms with Gasteiger partial charge in [0.1, 0.15) is 0 Å². The molecule has 0 bridgehead atoms. The van der Waals surface area contributed by atoms with Gasteiger partial charge in [0, 0.05) is 33.5 Å². The fraction of sp³-hybridized carbons (Fsp3) is 0. The Morgan fingerprint density at radius 3 is 1.25 bits per heavy atom. The van der Waals surface area contributed by atoms with Crippen molar-refractivity contribution in [3.05, 3.63) is 315 Å². The Morgan fingerprint density at radius 1 is 0.260 bits per heavy atom. The number of para-hydroxylation sites is 2. The summed E-state index contributed by atoms with van der Waals surface area (Å²) in [6.45, 7) is 0. The summed E-state index contributed by atoms with van der Waals surface area (Å²) in [5, 5.41) is 13.0. The molecule has 0 radical (unpaired) electrons. The minimum Gasteiger partial charge on any atom is -0.311 e. The maximum Gasteiger partial charge on any atom is 0.179 e. The molecule has 0 atom stereocenters. The maximum absolute atomic E-state index is 2.73. The molecule has 0 saturated heterocycles. The van der Waals surface area contributed by atoms with Crippen LogP contribution in [0.2, 0.25) is 0 Å². The predicted molar refractivity (Wildman–Crippen MR) is 330 cm³/mol. The molecule has 14 rings (SSSR count). The highest BCUT2D eigenvalue weighted by molar-refractivity contribution is 7.19. The molecule has 0 amide bonds. The smallest absolute Gasteiger partial charge is 0.179 e. The Hall–Kier alpha value is -9.80. The average Bonchev–Trinajstić information content (AvgIpc) is 3.98. The van der Waals surface area contributed by atoms with Crippen molar-refractivity contribution in [2.75, 3.05) is 4.90 Å². The van der Waals surface area contributed by atoms with Gasteiger partial charge in [-0.3, -0.25) is 0 Å². The fourth-order valence-electron chi connectivity index (χ4n) is 12.2. The van der Waals surface area contributed by atoms with Crippen LogP contribution < -0.4 is 25.6 Å². The Kier molecular flexibility index (Phi) is 11.6. The Balaban J connectivity index is 0.860. The van der Waals surface area contributed by atoms with Crippen molar-refractivity contribution >= 4 is 89.2 Å². The van der Waals surface area contributed by atoms with Crippen molar-refractivity contribution in [2.24, 2.45) is 0 Å². The zero-order chi connectivity index (χ0) is 51.1. The van der Waals surface area contributed by atoms with Gasteiger partial charge in [-0.1, -0.05) is 249 Å². The van der Waals surface area contributed by atoms with Gasteiger partial charge >= 0.3 is 0 Å². The summed E-state index contributed by atoms with van der Waals surface area (Å²) in [5.74, 6) is 0. The normalized spacial score (nSPS) is 11.6. The summed E-state index contributed by atoms with van der Waals surface area (Å²) in [7, 11) is -2.73. The van der Waals surface area contributed by atoms with E-state index < -0.39 is 8.07 Å². The molecule has 0 spiro atoms. The average molecular weight is 997 g/mol. The lowest BCUT2D eigenvalue weighted by Crippen LogP contribution is -2.74. The van der Waals surface area contributed by atoms with E-state index in [4.69, 9.17) is 0 Å². The second-order valence-electron chi connectivity index (χ2n) is 20.0. The quantitative estimate of drug-likeness (QED) is 0.0712. The molecule has 0 fully saturated rings. The lowest BCUT2D eigenvalue weighted by Gasteiger charge is -2.35. The van der Waals surface area contributed by atoms with Gasteiger partial charge in [-0.15, -0.1) is 0 Å². The zero-order valence-corrected chi connectivity index (χ0v) is 43.4. The van der Waals surface area contributed by atoms with Crippen molar-refractivity contribution in [1.82, 2.24) is 4.57 Å². The lowest BCUT2D eigenvalue weighted by molar-refractivity contribution is 1.18. The number of anilines is 3. The first-order valence-corrected chi connectivity index (χ1v) is 28.6. The van der Waals surface area contributed by atoms with Crippen LogP contribution in [0.25, 0.3) is 82.4 Å². The highest BCUT2D eigenvalue weighted by Gasteiger charge is 2.41. The van der Waals surface area contributed by atoms with Crippen LogP contribution in [0.4, 0.5) is 17.1 Å². The first-order chi connectivity index (χ1) is 38.2. The molecule has 0 aliphatic heterocycles. The van der Waals surface area contributed by atoms with E-state index in [-0.39, 0.29) is 0 Å². The van der Waals surface area contributed by atoms with Gasteiger partial charge in [0.05, 0.1) is 11.0 Å². The van der Waals surface area contributed by atoms with E-state index in [0.29, 0.717) is 0 Å². The summed E-state index contributed by atoms with van der Waals surface area (Å²) < 4.78 is 2.39. The molecule has 14 aromatic rings. The van der Waals surface area contributed by atoms with Crippen LogP contribution in [0.1, 0.15) is 0 Å². The number of hydrogen-bond donors (Lipinski definition) is 0. The molecule has 0 saturated carbocycles. The highest BCUT2D eigenvalue weighted by atomic mass is 28.3. The van der Waals surface area contributed by atoms with E-state index in [1.807, 2.05) is 0 Å². The van der Waals surface area contributed by atoms with Gasteiger partial charge in [-0.05, 0) is 142 Å². The van der Waals surface area contributed by atoms with Crippen LogP contribution in [0.3, 0.4) is 0 Å². The van der Waals surface area contributed by atoms with Crippen LogP contribution in [0.5, 0.6) is 0 Å². The van der Waals surface area contributed by atoms with Crippen molar-refractivity contribution in [3.63, 3.8) is 0 Å². The molecule has 77 heavy (non-hydrogen) atoms. The molecule has 362 valence electrons. The van der Waals surface area contributed by atoms with Gasteiger partial charge in [0.25, 0.3) is 0 Å². The minimum absolute atomic E-state index is 1.08. The molecule has 0 aliphatic rings. The molecule has 13 aromatic carbocycles. The Labute approximate surface area is 450 Å². The van der Waals surface area contributed by atoms with Crippen molar-refractivity contribution < 1.29 is 0 Å². The molecule has 0 N–H and O–H groups in total. The highest BCUT2D eigenvalue weighted by Crippen LogP contribution is 2.41. The monoisotopic (exact) mass is 996 g/mol. The van der Waals surface area contributed by atoms with Crippen LogP contribution in [-0.4, -0.2) is 12.6 Å². The Bertz CT molecular complexity index is 4290. The minimum atomic E-state index is -2.73. The van der Waals surface area contributed by atoms with Gasteiger partial charge in [0.2, 0.25) is 0 Å². The second-order valence-corrected chi connectivity index (χ2v) is 23.8. The number of aromatic nitrogens is 1. The van der Waals surface area contributed by atoms with Crippen molar-refractivity contribution in [2.45, 2.75) is 0 Å². The number of hydrogen-bond acceptors (Lipinski definition) is 1. The van der Waals surface area contributed by atoms with Gasteiger partial charge < -0.3 is 9.47 Å². The van der Waals surface area contributed by atoms with Crippen LogP contribution >= 0.6 is 0 Å². The predicted octanol–water partition coefficient (Wildman–Crippen LogP) is 16.9. The van der Waals surface area contributed by atoms with E-state index in [0.717, 1.165) is 28.3 Å². The number of rotatable bonds is 11. The first-order valence-electron chi connectivity index (χ1n) is 26.6. The number of nitrogens with zero attached hydrogens (tertiary/aromatic N) is 2. The van der Waals surface area contributed by atoms with Crippen molar-refractivity contribution in [3.8, 4) is 39.1 Å². The van der Waals surface area contributed by atoms with Gasteiger partial charge in [-0.25, -0.2) is 0 Å². The largest absolute Gasteiger partial charge is 0.311 e.